The smallest absolute Gasteiger partial charge is 0.231 e. The first-order valence-corrected chi connectivity index (χ1v) is 6.97. The number of ether oxygens (including phenoxy) is 3. The second kappa shape index (κ2) is 5.24. The van der Waals surface area contributed by atoms with Crippen LogP contribution in [0.15, 0.2) is 18.2 Å². The minimum absolute atomic E-state index is 0.146. The molecular formula is C15H21NO4. The van der Waals surface area contributed by atoms with Gasteiger partial charge in [0.2, 0.25) is 6.79 Å². The van der Waals surface area contributed by atoms with Crippen molar-refractivity contribution in [2.45, 2.75) is 25.6 Å². The summed E-state index contributed by atoms with van der Waals surface area (Å²) in [4.78, 5) is 2.23. The van der Waals surface area contributed by atoms with Crippen LogP contribution in [-0.4, -0.2) is 48.6 Å². The number of hydrogen-bond donors (Lipinski definition) is 1. The Hall–Kier alpha value is -1.30. The summed E-state index contributed by atoms with van der Waals surface area (Å²) >= 11 is 0. The van der Waals surface area contributed by atoms with Crippen molar-refractivity contribution < 1.29 is 19.3 Å². The van der Waals surface area contributed by atoms with Crippen LogP contribution in [0.2, 0.25) is 0 Å². The van der Waals surface area contributed by atoms with Gasteiger partial charge in [-0.15, -0.1) is 0 Å². The quantitative estimate of drug-likeness (QED) is 0.910. The van der Waals surface area contributed by atoms with E-state index in [1.165, 1.54) is 0 Å². The minimum atomic E-state index is -0.529. The molecule has 2 aliphatic heterocycles. The van der Waals surface area contributed by atoms with Crippen LogP contribution < -0.4 is 9.47 Å². The molecule has 0 saturated carbocycles. The van der Waals surface area contributed by atoms with E-state index in [0.29, 0.717) is 18.9 Å². The Morgan fingerprint density at radius 1 is 1.30 bits per heavy atom. The number of fused-ring (bicyclic) bond motifs is 1. The molecule has 0 amide bonds. The summed E-state index contributed by atoms with van der Waals surface area (Å²) in [6.45, 7) is 7.40. The average molecular weight is 279 g/mol. The van der Waals surface area contributed by atoms with E-state index in [0.717, 1.165) is 24.4 Å². The lowest BCUT2D eigenvalue weighted by Gasteiger charge is -2.38. The molecule has 1 aromatic rings. The lowest BCUT2D eigenvalue weighted by Crippen LogP contribution is -2.49. The first-order valence-electron chi connectivity index (χ1n) is 6.97. The Labute approximate surface area is 119 Å². The topological polar surface area (TPSA) is 51.2 Å². The molecule has 1 unspecified atom stereocenters. The summed E-state index contributed by atoms with van der Waals surface area (Å²) in [7, 11) is 0. The van der Waals surface area contributed by atoms with Gasteiger partial charge in [0, 0.05) is 19.6 Å². The molecule has 3 rings (SSSR count). The van der Waals surface area contributed by atoms with E-state index in [1.807, 2.05) is 18.2 Å². The van der Waals surface area contributed by atoms with Crippen molar-refractivity contribution >= 4 is 0 Å². The zero-order valence-corrected chi connectivity index (χ0v) is 12.0. The number of hydrogen-bond acceptors (Lipinski definition) is 5. The number of rotatable bonds is 3. The van der Waals surface area contributed by atoms with Crippen molar-refractivity contribution in [3.05, 3.63) is 23.8 Å². The highest BCUT2D eigenvalue weighted by Gasteiger charge is 2.28. The molecule has 5 nitrogen and oxygen atoms in total. The number of benzene rings is 1. The largest absolute Gasteiger partial charge is 0.454 e. The third-order valence-corrected chi connectivity index (χ3v) is 3.72. The molecule has 0 spiro atoms. The van der Waals surface area contributed by atoms with E-state index in [-0.39, 0.29) is 12.4 Å². The third kappa shape index (κ3) is 2.90. The molecule has 5 heteroatoms. The van der Waals surface area contributed by atoms with E-state index >= 15 is 0 Å². The lowest BCUT2D eigenvalue weighted by atomic mass is 10.0. The van der Waals surface area contributed by atoms with Crippen LogP contribution in [0, 0.1) is 0 Å². The molecule has 0 aliphatic carbocycles. The van der Waals surface area contributed by atoms with Crippen molar-refractivity contribution in [3.8, 4) is 11.5 Å². The zero-order valence-electron chi connectivity index (χ0n) is 12.0. The van der Waals surface area contributed by atoms with Crippen molar-refractivity contribution in [1.82, 2.24) is 4.90 Å². The summed E-state index contributed by atoms with van der Waals surface area (Å²) in [5.74, 6) is 1.46. The number of morpholine rings is 1. The molecule has 0 aromatic heterocycles. The SMILES string of the molecule is CC1(C)CN(CC(O)c2ccc3c(c2)OCO3)CCO1. The molecule has 1 atom stereocenters. The van der Waals surface area contributed by atoms with E-state index < -0.39 is 6.10 Å². The first-order chi connectivity index (χ1) is 9.53. The molecule has 1 saturated heterocycles. The van der Waals surface area contributed by atoms with Crippen LogP contribution in [0.4, 0.5) is 0 Å². The van der Waals surface area contributed by atoms with E-state index in [2.05, 4.69) is 18.7 Å². The Balaban J connectivity index is 1.65. The molecule has 110 valence electrons. The Morgan fingerprint density at radius 2 is 2.10 bits per heavy atom. The van der Waals surface area contributed by atoms with Gasteiger partial charge in [-0.3, -0.25) is 4.90 Å². The molecule has 0 radical (unpaired) electrons. The maximum atomic E-state index is 10.4. The van der Waals surface area contributed by atoms with Crippen molar-refractivity contribution in [1.29, 1.82) is 0 Å². The second-order valence-corrected chi connectivity index (χ2v) is 5.97. The molecule has 1 aromatic carbocycles. The molecular weight excluding hydrogens is 258 g/mol. The second-order valence-electron chi connectivity index (χ2n) is 5.97. The standard InChI is InChI=1S/C15H21NO4/c1-15(2)9-16(5-6-20-15)8-12(17)11-3-4-13-14(7-11)19-10-18-13/h3-4,7,12,17H,5-6,8-10H2,1-2H3. The number of aliphatic hydroxyl groups excluding tert-OH is 1. The Kier molecular flexibility index (Phi) is 3.58. The molecule has 1 N–H and O–H groups in total. The first kappa shape index (κ1) is 13.7. The van der Waals surface area contributed by atoms with E-state index in [4.69, 9.17) is 14.2 Å². The van der Waals surface area contributed by atoms with Crippen LogP contribution in [0.5, 0.6) is 11.5 Å². The van der Waals surface area contributed by atoms with Crippen molar-refractivity contribution in [3.63, 3.8) is 0 Å². The van der Waals surface area contributed by atoms with Gasteiger partial charge in [-0.05, 0) is 31.5 Å². The van der Waals surface area contributed by atoms with Gasteiger partial charge in [-0.1, -0.05) is 6.07 Å². The zero-order chi connectivity index (χ0) is 14.2. The fraction of sp³-hybridized carbons (Fsp3) is 0.600. The highest BCUT2D eigenvalue weighted by molar-refractivity contribution is 5.45. The van der Waals surface area contributed by atoms with Crippen LogP contribution in [0.25, 0.3) is 0 Å². The van der Waals surface area contributed by atoms with Gasteiger partial charge in [0.15, 0.2) is 11.5 Å². The normalized spacial score (nSPS) is 22.8. The van der Waals surface area contributed by atoms with Gasteiger partial charge < -0.3 is 19.3 Å². The van der Waals surface area contributed by atoms with E-state index in [9.17, 15) is 5.11 Å². The summed E-state index contributed by atoms with van der Waals surface area (Å²) in [5.41, 5.74) is 0.714. The Bertz CT molecular complexity index is 489. The van der Waals surface area contributed by atoms with Crippen molar-refractivity contribution in [2.24, 2.45) is 0 Å². The highest BCUT2D eigenvalue weighted by Crippen LogP contribution is 2.34. The van der Waals surface area contributed by atoms with Crippen LogP contribution in [0.1, 0.15) is 25.5 Å². The van der Waals surface area contributed by atoms with Gasteiger partial charge in [-0.2, -0.15) is 0 Å². The fourth-order valence-electron chi connectivity index (χ4n) is 2.74. The number of nitrogens with zero attached hydrogens (tertiary/aromatic N) is 1. The molecule has 2 aliphatic rings. The maximum Gasteiger partial charge on any atom is 0.231 e. The van der Waals surface area contributed by atoms with Gasteiger partial charge in [0.25, 0.3) is 0 Å². The monoisotopic (exact) mass is 279 g/mol. The fourth-order valence-corrected chi connectivity index (χ4v) is 2.74. The van der Waals surface area contributed by atoms with E-state index in [1.54, 1.807) is 0 Å². The van der Waals surface area contributed by atoms with Gasteiger partial charge in [-0.25, -0.2) is 0 Å². The predicted molar refractivity (Wildman–Crippen MR) is 74.0 cm³/mol. The summed E-state index contributed by atoms with van der Waals surface area (Å²) in [6.07, 6.45) is -0.529. The van der Waals surface area contributed by atoms with Gasteiger partial charge in [0.1, 0.15) is 0 Å². The number of aliphatic hydroxyl groups is 1. The van der Waals surface area contributed by atoms with Gasteiger partial charge >= 0.3 is 0 Å². The summed E-state index contributed by atoms with van der Waals surface area (Å²) < 4.78 is 16.3. The minimum Gasteiger partial charge on any atom is -0.454 e. The highest BCUT2D eigenvalue weighted by atomic mass is 16.7. The number of β-amino-alcohol motifs (C(OH)–C–C–N with tert-alkyl or cyclic N) is 1. The molecule has 20 heavy (non-hydrogen) atoms. The summed E-state index contributed by atoms with van der Waals surface area (Å²) in [5, 5.41) is 10.4. The maximum absolute atomic E-state index is 10.4. The van der Waals surface area contributed by atoms with Crippen LogP contribution in [0.3, 0.4) is 0 Å². The third-order valence-electron chi connectivity index (χ3n) is 3.72. The molecule has 1 fully saturated rings. The average Bonchev–Trinajstić information content (AvgIpc) is 2.84. The van der Waals surface area contributed by atoms with Crippen LogP contribution >= 0.6 is 0 Å². The van der Waals surface area contributed by atoms with Gasteiger partial charge in [0.05, 0.1) is 18.3 Å². The molecule has 0 bridgehead atoms. The van der Waals surface area contributed by atoms with Crippen LogP contribution in [-0.2, 0) is 4.74 Å². The lowest BCUT2D eigenvalue weighted by molar-refractivity contribution is -0.0932. The van der Waals surface area contributed by atoms with Crippen molar-refractivity contribution in [2.75, 3.05) is 33.0 Å². The summed E-state index contributed by atoms with van der Waals surface area (Å²) in [6, 6.07) is 5.60. The predicted octanol–water partition coefficient (Wildman–Crippen LogP) is 1.56. The molecule has 2 heterocycles. The Morgan fingerprint density at radius 3 is 2.90 bits per heavy atom.